The van der Waals surface area contributed by atoms with Gasteiger partial charge < -0.3 is 14.4 Å². The molecule has 154 valence electrons. The maximum atomic E-state index is 13.9. The Labute approximate surface area is 174 Å². The minimum Gasteiger partial charge on any atom is -0.425 e. The van der Waals surface area contributed by atoms with Crippen molar-refractivity contribution < 1.29 is 23.9 Å². The first kappa shape index (κ1) is 19.0. The van der Waals surface area contributed by atoms with Crippen LogP contribution >= 0.6 is 0 Å². The first-order valence-corrected chi connectivity index (χ1v) is 10.4. The van der Waals surface area contributed by atoms with Crippen LogP contribution < -0.4 is 4.74 Å². The lowest BCUT2D eigenvalue weighted by Gasteiger charge is -2.32. The second kappa shape index (κ2) is 6.77. The Kier molecular flexibility index (Phi) is 4.29. The largest absolute Gasteiger partial charge is 0.425 e. The van der Waals surface area contributed by atoms with Gasteiger partial charge in [-0.2, -0.15) is 0 Å². The topological polar surface area (TPSA) is 72.9 Å². The van der Waals surface area contributed by atoms with Crippen LogP contribution in [0.3, 0.4) is 0 Å². The van der Waals surface area contributed by atoms with Crippen molar-refractivity contribution in [2.75, 3.05) is 26.3 Å². The minimum absolute atomic E-state index is 0.175. The molecule has 2 aromatic rings. The molecule has 1 saturated carbocycles. The van der Waals surface area contributed by atoms with Crippen molar-refractivity contribution in [1.82, 2.24) is 4.90 Å². The van der Waals surface area contributed by atoms with Gasteiger partial charge in [-0.25, -0.2) is 0 Å². The lowest BCUT2D eigenvalue weighted by atomic mass is 9.82. The number of esters is 1. The number of ether oxygens (including phenoxy) is 2. The van der Waals surface area contributed by atoms with Crippen molar-refractivity contribution in [2.45, 2.75) is 19.3 Å². The van der Waals surface area contributed by atoms with Gasteiger partial charge in [-0.15, -0.1) is 0 Å². The van der Waals surface area contributed by atoms with Crippen molar-refractivity contribution >= 4 is 17.7 Å². The number of para-hydroxylation sites is 1. The van der Waals surface area contributed by atoms with Crippen LogP contribution in [0.4, 0.5) is 0 Å². The number of hydrogen-bond donors (Lipinski definition) is 0. The minimum atomic E-state index is -1.53. The molecule has 5 rings (SSSR count). The molecule has 0 N–H and O–H groups in total. The zero-order valence-corrected chi connectivity index (χ0v) is 16.8. The fraction of sp³-hybridized carbons (Fsp3) is 0.375. The summed E-state index contributed by atoms with van der Waals surface area (Å²) in [5.74, 6) is -1.20. The average molecular weight is 405 g/mol. The van der Waals surface area contributed by atoms with E-state index in [1.165, 1.54) is 0 Å². The van der Waals surface area contributed by atoms with Gasteiger partial charge in [-0.3, -0.25) is 14.4 Å². The summed E-state index contributed by atoms with van der Waals surface area (Å²) in [7, 11) is 0. The summed E-state index contributed by atoms with van der Waals surface area (Å²) >= 11 is 0. The van der Waals surface area contributed by atoms with Gasteiger partial charge in [0.15, 0.2) is 11.2 Å². The summed E-state index contributed by atoms with van der Waals surface area (Å²) in [5, 5.41) is 0. The van der Waals surface area contributed by atoms with Gasteiger partial charge in [0.2, 0.25) is 5.91 Å². The lowest BCUT2D eigenvalue weighted by Crippen LogP contribution is -2.51. The Morgan fingerprint density at radius 2 is 1.70 bits per heavy atom. The molecule has 0 radical (unpaired) electrons. The Morgan fingerprint density at radius 1 is 1.03 bits per heavy atom. The standard InChI is InChI=1S/C24H23NO5/c1-2-23(20(26)16-8-4-3-5-9-16)19-17-10-6-7-11-18(17)30-22(28)24(19,23)21(27)25-12-14-29-15-13-25/h3-11,19H,2,12-15H2,1H3. The highest BCUT2D eigenvalue weighted by molar-refractivity contribution is 6.21. The number of nitrogens with zero attached hydrogens (tertiary/aromatic N) is 1. The van der Waals surface area contributed by atoms with Crippen LogP contribution in [0.1, 0.15) is 35.2 Å². The van der Waals surface area contributed by atoms with E-state index in [0.717, 1.165) is 5.56 Å². The Morgan fingerprint density at radius 3 is 2.40 bits per heavy atom. The maximum absolute atomic E-state index is 13.9. The fourth-order valence-electron chi connectivity index (χ4n) is 5.54. The number of fused-ring (bicyclic) bond motifs is 3. The Balaban J connectivity index is 1.70. The smallest absolute Gasteiger partial charge is 0.328 e. The van der Waals surface area contributed by atoms with Gasteiger partial charge in [0.05, 0.1) is 18.6 Å². The molecule has 0 aromatic heterocycles. The molecule has 1 amide bonds. The highest BCUT2D eigenvalue weighted by atomic mass is 16.5. The molecule has 3 atom stereocenters. The van der Waals surface area contributed by atoms with Gasteiger partial charge in [0.25, 0.3) is 0 Å². The molecular formula is C24H23NO5. The summed E-state index contributed by atoms with van der Waals surface area (Å²) < 4.78 is 11.1. The van der Waals surface area contributed by atoms with Crippen molar-refractivity contribution in [1.29, 1.82) is 0 Å². The van der Waals surface area contributed by atoms with E-state index in [1.54, 1.807) is 41.3 Å². The molecule has 2 heterocycles. The van der Waals surface area contributed by atoms with Crippen LogP contribution in [0.25, 0.3) is 0 Å². The average Bonchev–Trinajstić information content (AvgIpc) is 3.46. The van der Waals surface area contributed by atoms with E-state index in [1.807, 2.05) is 25.1 Å². The van der Waals surface area contributed by atoms with Crippen molar-refractivity contribution in [2.24, 2.45) is 10.8 Å². The molecular weight excluding hydrogens is 382 g/mol. The number of hydrogen-bond acceptors (Lipinski definition) is 5. The third kappa shape index (κ3) is 2.25. The van der Waals surface area contributed by atoms with Gasteiger partial charge in [0.1, 0.15) is 5.75 Å². The number of amides is 1. The molecule has 6 heteroatoms. The van der Waals surface area contributed by atoms with Crippen molar-refractivity contribution in [3.05, 3.63) is 65.7 Å². The summed E-state index contributed by atoms with van der Waals surface area (Å²) in [6.45, 7) is 3.53. The van der Waals surface area contributed by atoms with E-state index < -0.39 is 22.7 Å². The molecule has 2 fully saturated rings. The molecule has 30 heavy (non-hydrogen) atoms. The summed E-state index contributed by atoms with van der Waals surface area (Å²) in [5.41, 5.74) is -1.42. The molecule has 0 spiro atoms. The van der Waals surface area contributed by atoms with Crippen molar-refractivity contribution in [3.8, 4) is 5.75 Å². The quantitative estimate of drug-likeness (QED) is 0.339. The van der Waals surface area contributed by atoms with E-state index in [0.29, 0.717) is 44.0 Å². The molecule has 2 aromatic carbocycles. The van der Waals surface area contributed by atoms with E-state index in [2.05, 4.69) is 0 Å². The fourth-order valence-corrected chi connectivity index (χ4v) is 5.54. The first-order chi connectivity index (χ1) is 14.6. The van der Waals surface area contributed by atoms with Crippen LogP contribution in [0.5, 0.6) is 5.75 Å². The number of ketones is 1. The molecule has 1 aliphatic carbocycles. The zero-order chi connectivity index (χ0) is 20.9. The maximum Gasteiger partial charge on any atom is 0.328 e. The highest BCUT2D eigenvalue weighted by Crippen LogP contribution is 2.80. The van der Waals surface area contributed by atoms with E-state index in [9.17, 15) is 14.4 Å². The van der Waals surface area contributed by atoms with Crippen LogP contribution in [-0.2, 0) is 14.3 Å². The SMILES string of the molecule is CCC1(C(=O)c2ccccc2)C2c3ccccc3OC(=O)C21C(=O)N1CCOCC1. The predicted molar refractivity (Wildman–Crippen MR) is 108 cm³/mol. The number of Topliss-reactive ketones (excluding diaryl/α,β-unsaturated/α-hetero) is 1. The summed E-state index contributed by atoms with van der Waals surface area (Å²) in [6, 6.07) is 16.2. The van der Waals surface area contributed by atoms with Crippen LogP contribution in [0.2, 0.25) is 0 Å². The predicted octanol–water partition coefficient (Wildman–Crippen LogP) is 2.83. The van der Waals surface area contributed by atoms with E-state index in [4.69, 9.17) is 9.47 Å². The number of benzene rings is 2. The number of carbonyl (C=O) groups excluding carboxylic acids is 3. The number of carbonyl (C=O) groups is 3. The normalized spacial score (nSPS) is 29.4. The summed E-state index contributed by atoms with van der Waals surface area (Å²) in [4.78, 5) is 42.9. The van der Waals surface area contributed by atoms with Gasteiger partial charge in [-0.1, -0.05) is 55.5 Å². The molecule has 6 nitrogen and oxygen atoms in total. The van der Waals surface area contributed by atoms with E-state index >= 15 is 0 Å². The number of morpholine rings is 1. The third-order valence-electron chi connectivity index (χ3n) is 6.94. The third-order valence-corrected chi connectivity index (χ3v) is 6.94. The lowest BCUT2D eigenvalue weighted by molar-refractivity contribution is -0.156. The van der Waals surface area contributed by atoms with Gasteiger partial charge in [0, 0.05) is 30.1 Å². The zero-order valence-electron chi connectivity index (χ0n) is 16.8. The highest BCUT2D eigenvalue weighted by Gasteiger charge is 2.89. The van der Waals surface area contributed by atoms with Crippen LogP contribution in [0.15, 0.2) is 54.6 Å². The van der Waals surface area contributed by atoms with Crippen LogP contribution in [-0.4, -0.2) is 48.9 Å². The van der Waals surface area contributed by atoms with Gasteiger partial charge >= 0.3 is 5.97 Å². The molecule has 0 bridgehead atoms. The molecule has 1 saturated heterocycles. The second-order valence-corrected chi connectivity index (χ2v) is 8.09. The molecule has 3 unspecified atom stereocenters. The monoisotopic (exact) mass is 405 g/mol. The first-order valence-electron chi connectivity index (χ1n) is 10.4. The van der Waals surface area contributed by atoms with Crippen LogP contribution in [0, 0.1) is 10.8 Å². The van der Waals surface area contributed by atoms with E-state index in [-0.39, 0.29) is 11.7 Å². The van der Waals surface area contributed by atoms with Gasteiger partial charge in [-0.05, 0) is 12.5 Å². The molecule has 2 aliphatic heterocycles. The Bertz CT molecular complexity index is 1030. The summed E-state index contributed by atoms with van der Waals surface area (Å²) in [6.07, 6.45) is 0.366. The van der Waals surface area contributed by atoms with Crippen molar-refractivity contribution in [3.63, 3.8) is 0 Å². The number of rotatable bonds is 4. The Hall–Kier alpha value is -2.99. The molecule has 3 aliphatic rings. The second-order valence-electron chi connectivity index (χ2n) is 8.09.